The molecule has 0 aliphatic heterocycles. The van der Waals surface area contributed by atoms with Gasteiger partial charge < -0.3 is 5.73 Å². The van der Waals surface area contributed by atoms with Crippen LogP contribution >= 0.6 is 11.3 Å². The summed E-state index contributed by atoms with van der Waals surface area (Å²) in [7, 11) is 0. The number of rotatable bonds is 1. The number of anilines is 1. The Morgan fingerprint density at radius 3 is 2.73 bits per heavy atom. The largest absolute Gasteiger partial charge is 0.375 e. The van der Waals surface area contributed by atoms with E-state index in [-0.39, 0.29) is 5.69 Å². The van der Waals surface area contributed by atoms with E-state index >= 15 is 0 Å². The van der Waals surface area contributed by atoms with Crippen molar-refractivity contribution in [3.63, 3.8) is 0 Å². The van der Waals surface area contributed by atoms with Crippen molar-refractivity contribution in [1.29, 1.82) is 10.8 Å². The molecule has 1 heterocycles. The number of hydrogen-bond acceptors (Lipinski definition) is 7. The van der Waals surface area contributed by atoms with Gasteiger partial charge in [0.25, 0.3) is 5.69 Å². The second kappa shape index (κ2) is 4.30. The summed E-state index contributed by atoms with van der Waals surface area (Å²) in [6.07, 6.45) is 0. The Morgan fingerprint density at radius 1 is 1.47 bits per heavy atom. The van der Waals surface area contributed by atoms with Crippen molar-refractivity contribution in [3.8, 4) is 0 Å². The summed E-state index contributed by atoms with van der Waals surface area (Å²) in [6.45, 7) is 0. The molecule has 76 valence electrons. The van der Waals surface area contributed by atoms with Crippen molar-refractivity contribution in [2.24, 2.45) is 0 Å². The maximum absolute atomic E-state index is 10.4. The quantitative estimate of drug-likeness (QED) is 0.445. The number of hydrogen-bond donors (Lipinski definition) is 1. The van der Waals surface area contributed by atoms with Crippen LogP contribution in [-0.2, 0) is 0 Å². The predicted molar refractivity (Wildman–Crippen MR) is 54.1 cm³/mol. The summed E-state index contributed by atoms with van der Waals surface area (Å²) in [5.74, 6) is 0. The molecule has 0 radical (unpaired) electrons. The van der Waals surface area contributed by atoms with Crippen LogP contribution < -0.4 is 5.73 Å². The molecule has 0 bridgehead atoms. The Labute approximate surface area is 87.7 Å². The van der Waals surface area contributed by atoms with E-state index in [2.05, 4.69) is 4.98 Å². The fourth-order valence-electron chi connectivity index (χ4n) is 1.04. The second-order valence-corrected chi connectivity index (χ2v) is 3.52. The van der Waals surface area contributed by atoms with E-state index < -0.39 is 4.92 Å². The van der Waals surface area contributed by atoms with Crippen molar-refractivity contribution in [2.45, 2.75) is 0 Å². The van der Waals surface area contributed by atoms with Crippen molar-refractivity contribution in [2.75, 3.05) is 5.73 Å². The Morgan fingerprint density at radius 2 is 2.13 bits per heavy atom. The van der Waals surface area contributed by atoms with Gasteiger partial charge in [-0.25, -0.2) is 4.98 Å². The summed E-state index contributed by atoms with van der Waals surface area (Å²) >= 11 is 1.25. The number of nitro benzene ring substituents is 1. The van der Waals surface area contributed by atoms with Gasteiger partial charge in [0.05, 0.1) is 15.1 Å². The van der Waals surface area contributed by atoms with Crippen LogP contribution in [0, 0.1) is 20.9 Å². The summed E-state index contributed by atoms with van der Waals surface area (Å²) < 4.78 is 0.742. The van der Waals surface area contributed by atoms with Crippen LogP contribution in [0.5, 0.6) is 0 Å². The Hall–Kier alpha value is -2.27. The maximum atomic E-state index is 10.4. The van der Waals surface area contributed by atoms with Gasteiger partial charge in [-0.1, -0.05) is 11.3 Å². The molecular weight excluding hydrogens is 218 g/mol. The van der Waals surface area contributed by atoms with Gasteiger partial charge in [-0.05, 0) is 6.07 Å². The van der Waals surface area contributed by atoms with E-state index in [1.54, 1.807) is 6.07 Å². The van der Waals surface area contributed by atoms with Crippen LogP contribution in [0.2, 0.25) is 0 Å². The molecule has 7 nitrogen and oxygen atoms in total. The number of nitrogens with two attached hydrogens (primary N) is 1. The molecule has 1 aromatic heterocycles. The van der Waals surface area contributed by atoms with Gasteiger partial charge in [-0.15, -0.1) is 0 Å². The van der Waals surface area contributed by atoms with Crippen LogP contribution in [0.4, 0.5) is 10.8 Å². The Bertz CT molecular complexity index is 520. The minimum Gasteiger partial charge on any atom is -0.375 e. The maximum Gasteiger partial charge on any atom is 0.270 e. The van der Waals surface area contributed by atoms with Gasteiger partial charge in [0.15, 0.2) is 5.13 Å². The van der Waals surface area contributed by atoms with E-state index in [0.29, 0.717) is 10.6 Å². The van der Waals surface area contributed by atoms with Crippen molar-refractivity contribution < 1.29 is 4.92 Å². The molecule has 2 rings (SSSR count). The highest BCUT2D eigenvalue weighted by Gasteiger charge is 2.08. The first kappa shape index (κ1) is 10.8. The number of thiazole rings is 1. The first-order valence-corrected chi connectivity index (χ1v) is 4.49. The third kappa shape index (κ3) is 2.15. The molecule has 0 aliphatic rings. The summed E-state index contributed by atoms with van der Waals surface area (Å²) in [6, 6.07) is 4.49. The van der Waals surface area contributed by atoms with Crippen LogP contribution in [0.1, 0.15) is 0 Å². The van der Waals surface area contributed by atoms with E-state index in [1.807, 2.05) is 0 Å². The fourth-order valence-corrected chi connectivity index (χ4v) is 1.81. The fraction of sp³-hybridized carbons (Fsp3) is 0. The second-order valence-electron chi connectivity index (χ2n) is 2.46. The number of fused-ring (bicyclic) bond motifs is 1. The molecule has 2 N–H and O–H groups in total. The number of non-ortho nitro benzene ring substituents is 1. The van der Waals surface area contributed by atoms with Gasteiger partial charge >= 0.3 is 0 Å². The van der Waals surface area contributed by atoms with Crippen LogP contribution in [0.15, 0.2) is 18.2 Å². The van der Waals surface area contributed by atoms with E-state index in [0.717, 1.165) is 4.70 Å². The zero-order valence-corrected chi connectivity index (χ0v) is 8.14. The van der Waals surface area contributed by atoms with Crippen LogP contribution in [-0.4, -0.2) is 9.91 Å². The molecule has 0 saturated heterocycles. The Balaban J connectivity index is 0.000000531. The van der Waals surface area contributed by atoms with Crippen molar-refractivity contribution in [3.05, 3.63) is 28.3 Å². The first-order valence-electron chi connectivity index (χ1n) is 3.67. The topological polar surface area (TPSA) is 130 Å². The molecule has 0 aliphatic carbocycles. The Kier molecular flexibility index (Phi) is 3.10. The SMILES string of the molecule is N#N.Nc1nc2ccc([N+](=O)[O-])cc2s1. The molecule has 8 heteroatoms. The van der Waals surface area contributed by atoms with E-state index in [4.69, 9.17) is 16.5 Å². The summed E-state index contributed by atoms with van der Waals surface area (Å²) in [5, 5.41) is 22.8. The number of nitrogens with zero attached hydrogens (tertiary/aromatic N) is 4. The lowest BCUT2D eigenvalue weighted by Crippen LogP contribution is -1.85. The highest BCUT2D eigenvalue weighted by Crippen LogP contribution is 2.27. The van der Waals surface area contributed by atoms with Gasteiger partial charge in [-0.3, -0.25) is 10.1 Å². The lowest BCUT2D eigenvalue weighted by atomic mass is 10.3. The number of benzene rings is 1. The zero-order valence-electron chi connectivity index (χ0n) is 7.32. The van der Waals surface area contributed by atoms with Crippen LogP contribution in [0.25, 0.3) is 10.2 Å². The molecule has 2 aromatic rings. The zero-order chi connectivity index (χ0) is 11.4. The highest BCUT2D eigenvalue weighted by atomic mass is 32.1. The average molecular weight is 223 g/mol. The molecule has 0 amide bonds. The number of nitrogen functional groups attached to an aromatic ring is 1. The molecule has 1 aromatic carbocycles. The highest BCUT2D eigenvalue weighted by molar-refractivity contribution is 7.22. The molecule has 15 heavy (non-hydrogen) atoms. The summed E-state index contributed by atoms with van der Waals surface area (Å²) in [5.41, 5.74) is 6.22. The van der Waals surface area contributed by atoms with Crippen molar-refractivity contribution >= 4 is 32.4 Å². The smallest absolute Gasteiger partial charge is 0.270 e. The molecular formula is C7H5N5O2S. The van der Waals surface area contributed by atoms with Gasteiger partial charge in [-0.2, -0.15) is 0 Å². The number of nitro groups is 1. The van der Waals surface area contributed by atoms with Gasteiger partial charge in [0.2, 0.25) is 0 Å². The first-order chi connectivity index (χ1) is 7.16. The monoisotopic (exact) mass is 223 g/mol. The minimum absolute atomic E-state index is 0.0659. The van der Waals surface area contributed by atoms with Gasteiger partial charge in [0.1, 0.15) is 0 Å². The average Bonchev–Trinajstić information content (AvgIpc) is 2.59. The van der Waals surface area contributed by atoms with E-state index in [9.17, 15) is 10.1 Å². The number of aromatic nitrogens is 1. The molecule has 0 spiro atoms. The predicted octanol–water partition coefficient (Wildman–Crippen LogP) is 1.82. The van der Waals surface area contributed by atoms with Gasteiger partial charge in [0, 0.05) is 22.9 Å². The van der Waals surface area contributed by atoms with Crippen LogP contribution in [0.3, 0.4) is 0 Å². The van der Waals surface area contributed by atoms with E-state index in [1.165, 1.54) is 23.5 Å². The summed E-state index contributed by atoms with van der Waals surface area (Å²) in [4.78, 5) is 14.0. The van der Waals surface area contributed by atoms with Crippen molar-refractivity contribution in [1.82, 2.24) is 4.98 Å². The third-order valence-electron chi connectivity index (χ3n) is 1.60. The molecule has 0 unspecified atom stereocenters. The lowest BCUT2D eigenvalue weighted by Gasteiger charge is -1.88. The third-order valence-corrected chi connectivity index (χ3v) is 2.45. The minimum atomic E-state index is -0.435. The lowest BCUT2D eigenvalue weighted by molar-refractivity contribution is -0.384. The molecule has 0 saturated carbocycles. The molecule has 0 fully saturated rings. The normalized spacial score (nSPS) is 9.20. The standard InChI is InChI=1S/C7H5N3O2S.N2/c8-7-9-5-2-1-4(10(11)12)3-6(5)13-7;1-2/h1-3H,(H2,8,9);. The molecule has 0 atom stereocenters.